The molecular formula is C63H105NO3. The standard InChI is InChI=1S/C63H105NO3/c1-3-5-7-9-11-13-15-17-19-20-21-22-23-24-25-26-27-28-29-30-31-32-33-34-35-36-37-38-39-40-41-42-43-44-45-47-49-51-53-55-57-59-63(67)64-61(60-65)62(66)58-56-54-52-50-48-46-18-16-14-12-10-8-6-4-2/h5,7,11,13,17,19,21-22,24-25,27-28,30-31,33-34,36-37,39-40,42-43,61-62,65-66H,3-4,6,8-10,12,14-16,18,20,23,26,29,32,35,38,41,44-60H2,1-2H3,(H,64,67)/b7-5-,13-11-,19-17-,22-21-,25-24-,28-27-,31-30-,34-33-,37-36-,40-39-,43-42-. The summed E-state index contributed by atoms with van der Waals surface area (Å²) in [6, 6.07) is -0.551. The molecule has 0 heterocycles. The summed E-state index contributed by atoms with van der Waals surface area (Å²) >= 11 is 0. The molecule has 2 atom stereocenters. The molecule has 0 saturated heterocycles. The topological polar surface area (TPSA) is 69.6 Å². The van der Waals surface area contributed by atoms with E-state index in [0.29, 0.717) is 12.8 Å². The van der Waals surface area contributed by atoms with Gasteiger partial charge in [0.05, 0.1) is 18.8 Å². The van der Waals surface area contributed by atoms with Gasteiger partial charge in [-0.05, 0) is 96.3 Å². The van der Waals surface area contributed by atoms with E-state index in [0.717, 1.165) is 109 Å². The average molecular weight is 925 g/mol. The highest BCUT2D eigenvalue weighted by Gasteiger charge is 2.20. The zero-order chi connectivity index (χ0) is 48.5. The highest BCUT2D eigenvalue weighted by molar-refractivity contribution is 5.76. The lowest BCUT2D eigenvalue weighted by Gasteiger charge is -2.22. The normalized spacial score (nSPS) is 13.9. The summed E-state index contributed by atoms with van der Waals surface area (Å²) in [6.07, 6.45) is 88.5. The molecule has 0 spiro atoms. The quantitative estimate of drug-likeness (QED) is 0.0421. The molecule has 67 heavy (non-hydrogen) atoms. The maximum Gasteiger partial charge on any atom is 0.220 e. The van der Waals surface area contributed by atoms with Crippen LogP contribution in [-0.2, 0) is 4.79 Å². The molecular weight excluding hydrogens is 819 g/mol. The SMILES string of the molecule is CC/C=C\C/C=C\C/C=C\C/C=C\C/C=C\C/C=C\C/C=C\C/C=C\C/C=C\C/C=C\C/C=C\CCCCCCCCCC(=O)NC(CO)C(O)CCCCCCCCCCCCCCCC. The first kappa shape index (κ1) is 63.5. The van der Waals surface area contributed by atoms with E-state index in [2.05, 4.69) is 153 Å². The molecule has 0 aromatic rings. The van der Waals surface area contributed by atoms with Crippen LogP contribution in [0.5, 0.6) is 0 Å². The average Bonchev–Trinajstić information content (AvgIpc) is 3.33. The molecule has 0 rings (SSSR count). The van der Waals surface area contributed by atoms with Crippen molar-refractivity contribution >= 4 is 5.91 Å². The van der Waals surface area contributed by atoms with Gasteiger partial charge in [0.2, 0.25) is 5.91 Å². The fraction of sp³-hybridized carbons (Fsp3) is 0.635. The van der Waals surface area contributed by atoms with Crippen molar-refractivity contribution in [1.29, 1.82) is 0 Å². The number of carbonyl (C=O) groups excluding carboxylic acids is 1. The lowest BCUT2D eigenvalue weighted by molar-refractivity contribution is -0.123. The zero-order valence-electron chi connectivity index (χ0n) is 43.6. The van der Waals surface area contributed by atoms with Crippen LogP contribution in [0.15, 0.2) is 134 Å². The van der Waals surface area contributed by atoms with Gasteiger partial charge in [0.15, 0.2) is 0 Å². The first-order valence-corrected chi connectivity index (χ1v) is 27.9. The van der Waals surface area contributed by atoms with E-state index in [1.165, 1.54) is 103 Å². The van der Waals surface area contributed by atoms with Crippen LogP contribution in [0.1, 0.15) is 239 Å². The number of aliphatic hydroxyl groups excluding tert-OH is 2. The molecule has 380 valence electrons. The third kappa shape index (κ3) is 53.4. The van der Waals surface area contributed by atoms with Crippen LogP contribution < -0.4 is 5.32 Å². The molecule has 0 aliphatic carbocycles. The number of carbonyl (C=O) groups is 1. The number of nitrogens with one attached hydrogen (secondary N) is 1. The Hall–Kier alpha value is -3.47. The van der Waals surface area contributed by atoms with E-state index in [-0.39, 0.29) is 12.5 Å². The number of allylic oxidation sites excluding steroid dienone is 22. The van der Waals surface area contributed by atoms with Crippen molar-refractivity contribution in [2.75, 3.05) is 6.61 Å². The van der Waals surface area contributed by atoms with Crippen molar-refractivity contribution in [3.8, 4) is 0 Å². The molecule has 0 fully saturated rings. The van der Waals surface area contributed by atoms with Gasteiger partial charge in [-0.2, -0.15) is 0 Å². The van der Waals surface area contributed by atoms with Crippen molar-refractivity contribution < 1.29 is 15.0 Å². The lowest BCUT2D eigenvalue weighted by atomic mass is 10.0. The summed E-state index contributed by atoms with van der Waals surface area (Å²) in [6.45, 7) is 4.23. The van der Waals surface area contributed by atoms with E-state index in [1.54, 1.807) is 0 Å². The summed E-state index contributed by atoms with van der Waals surface area (Å²) in [7, 11) is 0. The fourth-order valence-corrected chi connectivity index (χ4v) is 7.72. The minimum absolute atomic E-state index is 0.0478. The van der Waals surface area contributed by atoms with Crippen molar-refractivity contribution in [3.63, 3.8) is 0 Å². The Balaban J connectivity index is 3.63. The number of aliphatic hydroxyl groups is 2. The Morgan fingerprint density at radius 1 is 0.373 bits per heavy atom. The molecule has 0 radical (unpaired) electrons. The van der Waals surface area contributed by atoms with E-state index in [4.69, 9.17) is 0 Å². The fourth-order valence-electron chi connectivity index (χ4n) is 7.72. The minimum Gasteiger partial charge on any atom is -0.394 e. The smallest absolute Gasteiger partial charge is 0.220 e. The van der Waals surface area contributed by atoms with Gasteiger partial charge in [-0.25, -0.2) is 0 Å². The highest BCUT2D eigenvalue weighted by Crippen LogP contribution is 2.15. The molecule has 0 aromatic carbocycles. The third-order valence-corrected chi connectivity index (χ3v) is 11.9. The van der Waals surface area contributed by atoms with Gasteiger partial charge >= 0.3 is 0 Å². The van der Waals surface area contributed by atoms with Crippen LogP contribution in [0.25, 0.3) is 0 Å². The van der Waals surface area contributed by atoms with Gasteiger partial charge in [0, 0.05) is 6.42 Å². The van der Waals surface area contributed by atoms with Crippen molar-refractivity contribution in [1.82, 2.24) is 5.32 Å². The molecule has 1 amide bonds. The number of hydrogen-bond acceptors (Lipinski definition) is 3. The number of rotatable bonds is 49. The first-order chi connectivity index (χ1) is 33.2. The Morgan fingerprint density at radius 3 is 0.985 bits per heavy atom. The maximum atomic E-state index is 12.5. The summed E-state index contributed by atoms with van der Waals surface area (Å²) in [5, 5.41) is 23.2. The maximum absolute atomic E-state index is 12.5. The van der Waals surface area contributed by atoms with E-state index in [9.17, 15) is 15.0 Å². The van der Waals surface area contributed by atoms with Crippen LogP contribution in [-0.4, -0.2) is 34.9 Å². The highest BCUT2D eigenvalue weighted by atomic mass is 16.3. The molecule has 0 aromatic heterocycles. The Bertz CT molecular complexity index is 1370. The van der Waals surface area contributed by atoms with Gasteiger partial charge in [0.1, 0.15) is 0 Å². The Labute approximate surface area is 415 Å². The van der Waals surface area contributed by atoms with Gasteiger partial charge in [-0.1, -0.05) is 270 Å². The minimum atomic E-state index is -0.672. The van der Waals surface area contributed by atoms with Crippen LogP contribution >= 0.6 is 0 Å². The molecule has 0 bridgehead atoms. The van der Waals surface area contributed by atoms with Crippen molar-refractivity contribution in [2.45, 2.75) is 251 Å². The summed E-state index contributed by atoms with van der Waals surface area (Å²) in [5.41, 5.74) is 0. The van der Waals surface area contributed by atoms with E-state index >= 15 is 0 Å². The second-order valence-electron chi connectivity index (χ2n) is 18.3. The van der Waals surface area contributed by atoms with Gasteiger partial charge in [-0.3, -0.25) is 4.79 Å². The first-order valence-electron chi connectivity index (χ1n) is 27.9. The van der Waals surface area contributed by atoms with Gasteiger partial charge in [-0.15, -0.1) is 0 Å². The number of unbranched alkanes of at least 4 members (excludes halogenated alkanes) is 20. The molecule has 0 aliphatic rings. The Kier molecular flexibility index (Phi) is 53.9. The molecule has 0 saturated carbocycles. The third-order valence-electron chi connectivity index (χ3n) is 11.9. The summed E-state index contributed by atoms with van der Waals surface area (Å²) in [4.78, 5) is 12.5. The molecule has 2 unspecified atom stereocenters. The molecule has 0 aliphatic heterocycles. The molecule has 3 N–H and O–H groups in total. The number of amides is 1. The second-order valence-corrected chi connectivity index (χ2v) is 18.3. The lowest BCUT2D eigenvalue weighted by Crippen LogP contribution is -2.45. The van der Waals surface area contributed by atoms with E-state index < -0.39 is 12.1 Å². The van der Waals surface area contributed by atoms with Crippen LogP contribution in [0, 0.1) is 0 Å². The van der Waals surface area contributed by atoms with Crippen molar-refractivity contribution in [2.24, 2.45) is 0 Å². The second kappa shape index (κ2) is 56.9. The summed E-state index contributed by atoms with van der Waals surface area (Å²) < 4.78 is 0. The molecule has 4 heteroatoms. The van der Waals surface area contributed by atoms with Crippen molar-refractivity contribution in [3.05, 3.63) is 134 Å². The molecule has 4 nitrogen and oxygen atoms in total. The van der Waals surface area contributed by atoms with Crippen LogP contribution in [0.4, 0.5) is 0 Å². The predicted octanol–water partition coefficient (Wildman–Crippen LogP) is 18.6. The largest absolute Gasteiger partial charge is 0.394 e. The summed E-state index contributed by atoms with van der Waals surface area (Å²) in [5.74, 6) is -0.0478. The van der Waals surface area contributed by atoms with Gasteiger partial charge in [0.25, 0.3) is 0 Å². The Morgan fingerprint density at radius 2 is 0.657 bits per heavy atom. The predicted molar refractivity (Wildman–Crippen MR) is 299 cm³/mol. The monoisotopic (exact) mass is 924 g/mol. The van der Waals surface area contributed by atoms with Crippen LogP contribution in [0.2, 0.25) is 0 Å². The van der Waals surface area contributed by atoms with Gasteiger partial charge < -0.3 is 15.5 Å². The van der Waals surface area contributed by atoms with E-state index in [1.807, 2.05) is 0 Å². The zero-order valence-corrected chi connectivity index (χ0v) is 43.6. The number of hydrogen-bond donors (Lipinski definition) is 3. The van der Waals surface area contributed by atoms with Crippen LogP contribution in [0.3, 0.4) is 0 Å².